The Morgan fingerprint density at radius 2 is 1.55 bits per heavy atom. The second-order valence-electron chi connectivity index (χ2n) is 9.74. The summed E-state index contributed by atoms with van der Waals surface area (Å²) in [5.41, 5.74) is 5.68. The van der Waals surface area contributed by atoms with E-state index in [1.807, 2.05) is 37.3 Å². The van der Waals surface area contributed by atoms with Crippen molar-refractivity contribution in [3.05, 3.63) is 76.5 Å². The Morgan fingerprint density at radius 3 is 2.20 bits per heavy atom. The second-order valence-corrected chi connectivity index (χ2v) is 9.74. The molecule has 0 unspecified atom stereocenters. The van der Waals surface area contributed by atoms with Crippen molar-refractivity contribution in [2.75, 3.05) is 58.0 Å². The van der Waals surface area contributed by atoms with Crippen LogP contribution in [0.5, 0.6) is 0 Å². The van der Waals surface area contributed by atoms with Gasteiger partial charge < -0.3 is 29.4 Å². The van der Waals surface area contributed by atoms with E-state index >= 15 is 0 Å². The minimum atomic E-state index is -0.264. The fraction of sp³-hybridized carbons (Fsp3) is 0.323. The number of Topliss-reactive ketones (excluding diaryl/α,β-unsaturated/α-hetero) is 1. The number of nitrogens with zero attached hydrogens (tertiary/aromatic N) is 1. The maximum Gasteiger partial charge on any atom is 0.256 e. The van der Waals surface area contributed by atoms with Gasteiger partial charge in [-0.2, -0.15) is 0 Å². The number of H-pyrrole nitrogens is 1. The molecule has 0 radical (unpaired) electrons. The van der Waals surface area contributed by atoms with E-state index in [2.05, 4.69) is 10.3 Å². The second kappa shape index (κ2) is 12.4. The number of amides is 2. The molecule has 1 aromatic heterocycles. The van der Waals surface area contributed by atoms with Gasteiger partial charge in [-0.1, -0.05) is 30.3 Å². The number of rotatable bonds is 4. The van der Waals surface area contributed by atoms with Crippen molar-refractivity contribution in [1.29, 1.82) is 0 Å². The fourth-order valence-corrected chi connectivity index (χ4v) is 4.91. The summed E-state index contributed by atoms with van der Waals surface area (Å²) in [5.74, 6) is -0.489. The van der Waals surface area contributed by atoms with E-state index in [0.717, 1.165) is 11.1 Å². The summed E-state index contributed by atoms with van der Waals surface area (Å²) in [7, 11) is 0. The third-order valence-electron chi connectivity index (χ3n) is 7.11. The third-order valence-corrected chi connectivity index (χ3v) is 7.11. The number of benzene rings is 2. The monoisotopic (exact) mass is 543 g/mol. The summed E-state index contributed by atoms with van der Waals surface area (Å²) in [4.78, 5) is 44.2. The number of hydrogen-bond acceptors (Lipinski definition) is 6. The highest BCUT2D eigenvalue weighted by atomic mass is 16.5. The molecule has 2 aliphatic heterocycles. The van der Waals surface area contributed by atoms with Crippen LogP contribution in [-0.2, 0) is 19.0 Å². The summed E-state index contributed by atoms with van der Waals surface area (Å²) in [6.07, 6.45) is 1.76. The highest BCUT2D eigenvalue weighted by molar-refractivity contribution is 6.35. The van der Waals surface area contributed by atoms with E-state index in [1.54, 1.807) is 29.2 Å². The molecule has 40 heavy (non-hydrogen) atoms. The van der Waals surface area contributed by atoms with Gasteiger partial charge in [-0.3, -0.25) is 14.4 Å². The molecular weight excluding hydrogens is 510 g/mol. The molecule has 0 aliphatic carbocycles. The molecule has 2 N–H and O–H groups in total. The number of anilines is 1. The molecule has 1 saturated heterocycles. The molecule has 0 spiro atoms. The smallest absolute Gasteiger partial charge is 0.256 e. The third kappa shape index (κ3) is 5.91. The van der Waals surface area contributed by atoms with Gasteiger partial charge in [-0.15, -0.1) is 0 Å². The van der Waals surface area contributed by atoms with Crippen LogP contribution in [0.2, 0.25) is 0 Å². The molecule has 9 heteroatoms. The molecule has 0 atom stereocenters. The molecule has 208 valence electrons. The maximum atomic E-state index is 14.1. The highest BCUT2D eigenvalue weighted by Crippen LogP contribution is 2.36. The van der Waals surface area contributed by atoms with E-state index in [1.165, 1.54) is 6.92 Å². The van der Waals surface area contributed by atoms with Crippen LogP contribution in [0, 0.1) is 6.92 Å². The molecule has 2 aliphatic rings. The molecule has 2 amide bonds. The van der Waals surface area contributed by atoms with Crippen LogP contribution in [0.15, 0.2) is 48.5 Å². The molecule has 5 rings (SSSR count). The summed E-state index contributed by atoms with van der Waals surface area (Å²) in [6.45, 7) is 6.81. The van der Waals surface area contributed by atoms with Crippen LogP contribution in [0.1, 0.15) is 44.5 Å². The number of nitrogens with one attached hydrogen (secondary N) is 2. The van der Waals surface area contributed by atoms with Crippen molar-refractivity contribution in [3.8, 4) is 11.3 Å². The molecule has 2 aromatic carbocycles. The lowest BCUT2D eigenvalue weighted by molar-refractivity contribution is -0.110. The number of ether oxygens (including phenoxy) is 3. The van der Waals surface area contributed by atoms with E-state index in [0.29, 0.717) is 92.1 Å². The molecular formula is C31H33N3O6. The summed E-state index contributed by atoms with van der Waals surface area (Å²) in [6, 6.07) is 14.8. The Morgan fingerprint density at radius 1 is 0.900 bits per heavy atom. The zero-order valence-corrected chi connectivity index (χ0v) is 22.7. The van der Waals surface area contributed by atoms with Crippen molar-refractivity contribution in [2.24, 2.45) is 0 Å². The lowest BCUT2D eigenvalue weighted by Gasteiger charge is -2.24. The zero-order chi connectivity index (χ0) is 28.1. The van der Waals surface area contributed by atoms with Gasteiger partial charge in [0.1, 0.15) is 0 Å². The van der Waals surface area contributed by atoms with E-state index in [9.17, 15) is 14.4 Å². The van der Waals surface area contributed by atoms with Crippen LogP contribution < -0.4 is 5.32 Å². The van der Waals surface area contributed by atoms with E-state index < -0.39 is 0 Å². The average molecular weight is 544 g/mol. The van der Waals surface area contributed by atoms with Gasteiger partial charge in [-0.25, -0.2) is 0 Å². The Hall–Kier alpha value is -4.05. The number of aromatic amines is 1. The van der Waals surface area contributed by atoms with E-state index in [4.69, 9.17) is 14.2 Å². The largest absolute Gasteiger partial charge is 0.377 e. The van der Waals surface area contributed by atoms with Crippen LogP contribution >= 0.6 is 0 Å². The standard InChI is InChI=1S/C31H33N3O6/c1-20-27(19-25-24-18-23(21(2)35)8-9-26(24)33-30(25)36)32-29(22-6-4-3-5-7-22)28(20)31(37)34-10-12-38-14-16-40-17-15-39-13-11-34/h3-9,18-19,32H,10-17H2,1-2H3,(H,33,36)/b25-19-. The van der Waals surface area contributed by atoms with Crippen molar-refractivity contribution >= 4 is 34.9 Å². The number of carbonyl (C=O) groups excluding carboxylic acids is 3. The Balaban J connectivity index is 1.55. The first-order valence-corrected chi connectivity index (χ1v) is 13.4. The Labute approximate surface area is 233 Å². The minimum absolute atomic E-state index is 0.0802. The number of aromatic nitrogens is 1. The first-order chi connectivity index (χ1) is 19.4. The van der Waals surface area contributed by atoms with Crippen molar-refractivity contribution in [2.45, 2.75) is 13.8 Å². The molecule has 3 heterocycles. The molecule has 0 bridgehead atoms. The minimum Gasteiger partial charge on any atom is -0.377 e. The lowest BCUT2D eigenvalue weighted by Crippen LogP contribution is -2.37. The van der Waals surface area contributed by atoms with Crippen LogP contribution in [0.4, 0.5) is 5.69 Å². The van der Waals surface area contributed by atoms with Crippen LogP contribution in [-0.4, -0.2) is 80.2 Å². The topological polar surface area (TPSA) is 110 Å². The van der Waals surface area contributed by atoms with Gasteiger partial charge in [0.15, 0.2) is 5.78 Å². The predicted octanol–water partition coefficient (Wildman–Crippen LogP) is 4.19. The Bertz CT molecular complexity index is 1430. The number of fused-ring (bicyclic) bond motifs is 1. The van der Waals surface area contributed by atoms with Gasteiger partial charge in [0.2, 0.25) is 0 Å². The van der Waals surface area contributed by atoms with Gasteiger partial charge in [0, 0.05) is 35.6 Å². The highest BCUT2D eigenvalue weighted by Gasteiger charge is 2.29. The molecule has 9 nitrogen and oxygen atoms in total. The quantitative estimate of drug-likeness (QED) is 0.377. The summed E-state index contributed by atoms with van der Waals surface area (Å²) >= 11 is 0. The number of hydrogen-bond donors (Lipinski definition) is 2. The Kier molecular flexibility index (Phi) is 8.54. The van der Waals surface area contributed by atoms with Crippen molar-refractivity contribution < 1.29 is 28.6 Å². The number of ketones is 1. The van der Waals surface area contributed by atoms with Gasteiger partial charge in [0.25, 0.3) is 11.8 Å². The van der Waals surface area contributed by atoms with Crippen LogP contribution in [0.25, 0.3) is 22.9 Å². The van der Waals surface area contributed by atoms with Gasteiger partial charge in [-0.05, 0) is 49.2 Å². The zero-order valence-electron chi connectivity index (χ0n) is 22.7. The SMILES string of the molecule is CC(=O)c1ccc2c(c1)/C(=C/c1[nH]c(-c3ccccc3)c(C(=O)N3CCOCCOCCOCC3)c1C)C(=O)N2. The normalized spacial score (nSPS) is 17.6. The van der Waals surface area contributed by atoms with Crippen LogP contribution in [0.3, 0.4) is 0 Å². The van der Waals surface area contributed by atoms with E-state index in [-0.39, 0.29) is 17.6 Å². The molecule has 3 aromatic rings. The van der Waals surface area contributed by atoms with Crippen molar-refractivity contribution in [1.82, 2.24) is 9.88 Å². The maximum absolute atomic E-state index is 14.1. The fourth-order valence-electron chi connectivity index (χ4n) is 4.91. The first-order valence-electron chi connectivity index (χ1n) is 13.4. The van der Waals surface area contributed by atoms with Crippen molar-refractivity contribution in [3.63, 3.8) is 0 Å². The van der Waals surface area contributed by atoms with Gasteiger partial charge >= 0.3 is 0 Å². The molecule has 0 saturated carbocycles. The predicted molar refractivity (Wildman–Crippen MR) is 152 cm³/mol. The molecule has 1 fully saturated rings. The number of carbonyl (C=O) groups is 3. The summed E-state index contributed by atoms with van der Waals surface area (Å²) < 4.78 is 16.8. The average Bonchev–Trinajstić information content (AvgIpc) is 3.44. The first kappa shape index (κ1) is 27.5. The lowest BCUT2D eigenvalue weighted by atomic mass is 10.00. The summed E-state index contributed by atoms with van der Waals surface area (Å²) in [5, 5.41) is 2.87. The van der Waals surface area contributed by atoms with Gasteiger partial charge in [0.05, 0.1) is 56.5 Å².